The molecule has 2 aliphatic rings. The monoisotopic (exact) mass is 358 g/mol. The van der Waals surface area contributed by atoms with Crippen LogP contribution in [0.1, 0.15) is 29.6 Å². The van der Waals surface area contributed by atoms with Crippen molar-refractivity contribution < 1.29 is 14.3 Å². The quantitative estimate of drug-likeness (QED) is 0.752. The largest absolute Gasteiger partial charge is 0.378 e. The molecular formula is C15H16BrClO3. The molecule has 1 aromatic rings. The van der Waals surface area contributed by atoms with Crippen molar-refractivity contribution in [2.75, 3.05) is 19.8 Å². The van der Waals surface area contributed by atoms with E-state index in [2.05, 4.69) is 15.9 Å². The highest BCUT2D eigenvalue weighted by atomic mass is 79.9. The molecule has 1 aromatic carbocycles. The van der Waals surface area contributed by atoms with Gasteiger partial charge in [0, 0.05) is 35.6 Å². The fraction of sp³-hybridized carbons (Fsp3) is 0.533. The van der Waals surface area contributed by atoms with E-state index in [-0.39, 0.29) is 17.3 Å². The van der Waals surface area contributed by atoms with E-state index in [1.54, 1.807) is 6.07 Å². The molecule has 2 aliphatic heterocycles. The normalized spacial score (nSPS) is 29.8. The van der Waals surface area contributed by atoms with Crippen molar-refractivity contribution >= 4 is 33.3 Å². The number of hydrogen-bond donors (Lipinski definition) is 0. The summed E-state index contributed by atoms with van der Waals surface area (Å²) in [6, 6.07) is 5.39. The molecule has 20 heavy (non-hydrogen) atoms. The average Bonchev–Trinajstić information content (AvgIpc) is 2.89. The van der Waals surface area contributed by atoms with E-state index in [9.17, 15) is 4.79 Å². The summed E-state index contributed by atoms with van der Waals surface area (Å²) in [4.78, 5) is 12.6. The first-order valence-electron chi connectivity index (χ1n) is 6.81. The molecule has 2 atom stereocenters. The minimum atomic E-state index is -0.238. The predicted octanol–water partition coefficient (Wildman–Crippen LogP) is 3.87. The highest BCUT2D eigenvalue weighted by molar-refractivity contribution is 9.10. The third-order valence-corrected chi connectivity index (χ3v) is 5.37. The van der Waals surface area contributed by atoms with Crippen molar-refractivity contribution in [3.8, 4) is 0 Å². The Morgan fingerprint density at radius 1 is 1.40 bits per heavy atom. The smallest absolute Gasteiger partial charge is 0.166 e. The van der Waals surface area contributed by atoms with Crippen molar-refractivity contribution in [1.29, 1.82) is 0 Å². The Bertz CT molecular complexity index is 526. The van der Waals surface area contributed by atoms with Crippen molar-refractivity contribution in [1.82, 2.24) is 0 Å². The second-order valence-electron chi connectivity index (χ2n) is 5.52. The van der Waals surface area contributed by atoms with Crippen LogP contribution in [0.15, 0.2) is 22.7 Å². The van der Waals surface area contributed by atoms with Crippen molar-refractivity contribution in [2.45, 2.75) is 24.9 Å². The van der Waals surface area contributed by atoms with Crippen LogP contribution in [0.3, 0.4) is 0 Å². The summed E-state index contributed by atoms with van der Waals surface area (Å²) in [6.45, 7) is 1.97. The number of Topliss-reactive ketones (excluding diaryl/α,β-unsaturated/α-hetero) is 1. The van der Waals surface area contributed by atoms with E-state index < -0.39 is 0 Å². The van der Waals surface area contributed by atoms with Crippen LogP contribution in [0.5, 0.6) is 0 Å². The molecule has 0 aromatic heterocycles. The number of benzene rings is 1. The third kappa shape index (κ3) is 2.80. The van der Waals surface area contributed by atoms with Gasteiger partial charge in [-0.3, -0.25) is 4.79 Å². The van der Waals surface area contributed by atoms with Gasteiger partial charge in [-0.15, -0.1) is 0 Å². The Labute approximate surface area is 131 Å². The van der Waals surface area contributed by atoms with Gasteiger partial charge in [-0.05, 0) is 40.9 Å². The Morgan fingerprint density at radius 2 is 2.25 bits per heavy atom. The van der Waals surface area contributed by atoms with Gasteiger partial charge in [-0.2, -0.15) is 0 Å². The van der Waals surface area contributed by atoms with Gasteiger partial charge in [-0.25, -0.2) is 0 Å². The van der Waals surface area contributed by atoms with Gasteiger partial charge >= 0.3 is 0 Å². The first-order chi connectivity index (χ1) is 9.60. The first-order valence-corrected chi connectivity index (χ1v) is 7.98. The van der Waals surface area contributed by atoms with Crippen LogP contribution in [0.2, 0.25) is 5.02 Å². The summed E-state index contributed by atoms with van der Waals surface area (Å²) in [5.74, 6) is 0.164. The molecule has 0 N–H and O–H groups in total. The molecule has 0 radical (unpaired) electrons. The van der Waals surface area contributed by atoms with Crippen molar-refractivity contribution in [3.05, 3.63) is 33.3 Å². The third-order valence-electron chi connectivity index (χ3n) is 4.14. The zero-order chi connectivity index (χ0) is 14.2. The molecule has 2 saturated heterocycles. The summed E-state index contributed by atoms with van der Waals surface area (Å²) >= 11 is 9.42. The van der Waals surface area contributed by atoms with Gasteiger partial charge < -0.3 is 9.47 Å². The Morgan fingerprint density at radius 3 is 2.95 bits per heavy atom. The number of ether oxygens (including phenoxy) is 2. The van der Waals surface area contributed by atoms with Gasteiger partial charge in [0.15, 0.2) is 5.78 Å². The highest BCUT2D eigenvalue weighted by Gasteiger charge is 2.43. The molecule has 0 amide bonds. The van der Waals surface area contributed by atoms with Gasteiger partial charge in [0.2, 0.25) is 0 Å². The number of carbonyl (C=O) groups is 1. The van der Waals surface area contributed by atoms with Crippen LogP contribution in [-0.4, -0.2) is 31.2 Å². The SMILES string of the molecule is O=C(c1ccc(Br)c(Cl)c1)C1CCOC2(CCOC2)C1. The van der Waals surface area contributed by atoms with Gasteiger partial charge in [-0.1, -0.05) is 17.7 Å². The van der Waals surface area contributed by atoms with E-state index >= 15 is 0 Å². The zero-order valence-corrected chi connectivity index (χ0v) is 13.4. The molecule has 108 valence electrons. The highest BCUT2D eigenvalue weighted by Crippen LogP contribution is 2.37. The zero-order valence-electron chi connectivity index (χ0n) is 11.0. The first kappa shape index (κ1) is 14.5. The van der Waals surface area contributed by atoms with Crippen LogP contribution in [0.4, 0.5) is 0 Å². The van der Waals surface area contributed by atoms with Crippen molar-refractivity contribution in [3.63, 3.8) is 0 Å². The van der Waals surface area contributed by atoms with Gasteiger partial charge in [0.1, 0.15) is 0 Å². The van der Waals surface area contributed by atoms with Crippen LogP contribution >= 0.6 is 27.5 Å². The molecule has 2 unspecified atom stereocenters. The van der Waals surface area contributed by atoms with E-state index in [1.807, 2.05) is 12.1 Å². The lowest BCUT2D eigenvalue weighted by atomic mass is 9.81. The maximum absolute atomic E-state index is 12.6. The fourth-order valence-electron chi connectivity index (χ4n) is 3.00. The molecule has 3 rings (SSSR count). The summed E-state index contributed by atoms with van der Waals surface area (Å²) < 4.78 is 12.1. The lowest BCUT2D eigenvalue weighted by molar-refractivity contribution is -0.0920. The molecule has 3 nitrogen and oxygen atoms in total. The molecule has 5 heteroatoms. The van der Waals surface area contributed by atoms with Crippen LogP contribution in [0, 0.1) is 5.92 Å². The summed E-state index contributed by atoms with van der Waals surface area (Å²) in [5, 5.41) is 0.571. The van der Waals surface area contributed by atoms with E-state index in [0.29, 0.717) is 23.8 Å². The summed E-state index contributed by atoms with van der Waals surface area (Å²) in [7, 11) is 0. The lowest BCUT2D eigenvalue weighted by Gasteiger charge is -2.36. The topological polar surface area (TPSA) is 35.5 Å². The van der Waals surface area contributed by atoms with E-state index in [1.165, 1.54) is 0 Å². The molecule has 0 saturated carbocycles. The standard InChI is InChI=1S/C15H16BrClO3/c16-12-2-1-10(7-13(12)17)14(18)11-3-5-20-15(8-11)4-6-19-9-15/h1-2,7,11H,3-6,8-9H2. The number of hydrogen-bond acceptors (Lipinski definition) is 3. The lowest BCUT2D eigenvalue weighted by Crippen LogP contribution is -2.42. The molecule has 2 fully saturated rings. The molecule has 0 aliphatic carbocycles. The van der Waals surface area contributed by atoms with E-state index in [4.69, 9.17) is 21.1 Å². The number of rotatable bonds is 2. The molecular weight excluding hydrogens is 344 g/mol. The van der Waals surface area contributed by atoms with Crippen molar-refractivity contribution in [2.24, 2.45) is 5.92 Å². The minimum absolute atomic E-state index is 0.00249. The van der Waals surface area contributed by atoms with E-state index in [0.717, 1.165) is 30.3 Å². The van der Waals surface area contributed by atoms with Gasteiger partial charge in [0.05, 0.1) is 17.2 Å². The summed E-state index contributed by atoms with van der Waals surface area (Å²) in [5.41, 5.74) is 0.441. The maximum Gasteiger partial charge on any atom is 0.166 e. The van der Waals surface area contributed by atoms with Crippen LogP contribution < -0.4 is 0 Å². The Balaban J connectivity index is 1.77. The second kappa shape index (κ2) is 5.76. The van der Waals surface area contributed by atoms with Crippen LogP contribution in [0.25, 0.3) is 0 Å². The Hall–Kier alpha value is -0.420. The predicted molar refractivity (Wildman–Crippen MR) is 80.3 cm³/mol. The minimum Gasteiger partial charge on any atom is -0.378 e. The molecule has 0 bridgehead atoms. The number of ketones is 1. The van der Waals surface area contributed by atoms with Gasteiger partial charge in [0.25, 0.3) is 0 Å². The maximum atomic E-state index is 12.6. The fourth-order valence-corrected chi connectivity index (χ4v) is 3.43. The summed E-state index contributed by atoms with van der Waals surface area (Å²) in [6.07, 6.45) is 2.41. The number of carbonyl (C=O) groups excluding carboxylic acids is 1. The molecule has 2 heterocycles. The molecule has 1 spiro atoms. The van der Waals surface area contributed by atoms with Crippen LogP contribution in [-0.2, 0) is 9.47 Å². The Kier molecular flexibility index (Phi) is 4.18. The number of halogens is 2. The average molecular weight is 360 g/mol. The second-order valence-corrected chi connectivity index (χ2v) is 6.78.